The molecule has 3 aromatic rings. The molecule has 0 unspecified atom stereocenters. The van der Waals surface area contributed by atoms with Gasteiger partial charge in [0.1, 0.15) is 23.0 Å². The minimum absolute atomic E-state index is 0.0208. The van der Waals surface area contributed by atoms with E-state index in [4.69, 9.17) is 19.6 Å². The van der Waals surface area contributed by atoms with Crippen LogP contribution in [-0.2, 0) is 0 Å². The summed E-state index contributed by atoms with van der Waals surface area (Å²) in [5, 5.41) is 10.3. The standard InChI is InChI=1S/C21H16N2O4/c1-2-25-13-7-5-6-12(10-13)17-15(11-22)20(23)27-19-14-8-3-4-9-16(14)26-21(24)18(17)19/h3-10,17H,2,23H2,1H3/t17-/m1/s1. The number of fused-ring (bicyclic) bond motifs is 3. The second kappa shape index (κ2) is 6.54. The highest BCUT2D eigenvalue weighted by molar-refractivity contribution is 5.86. The van der Waals surface area contributed by atoms with Gasteiger partial charge >= 0.3 is 5.63 Å². The minimum Gasteiger partial charge on any atom is -0.494 e. The highest BCUT2D eigenvalue weighted by Gasteiger charge is 2.35. The molecule has 1 aliphatic heterocycles. The van der Waals surface area contributed by atoms with Gasteiger partial charge in [0.2, 0.25) is 5.88 Å². The van der Waals surface area contributed by atoms with Gasteiger partial charge in [0.05, 0.1) is 23.5 Å². The monoisotopic (exact) mass is 360 g/mol. The van der Waals surface area contributed by atoms with E-state index in [0.717, 1.165) is 0 Å². The third kappa shape index (κ3) is 2.70. The van der Waals surface area contributed by atoms with Crippen LogP contribution in [0.1, 0.15) is 24.0 Å². The summed E-state index contributed by atoms with van der Waals surface area (Å²) in [7, 11) is 0. The number of hydrogen-bond acceptors (Lipinski definition) is 6. The molecule has 1 aliphatic rings. The van der Waals surface area contributed by atoms with Crippen LogP contribution in [0.5, 0.6) is 11.5 Å². The number of nitrogens with zero attached hydrogens (tertiary/aromatic N) is 1. The lowest BCUT2D eigenvalue weighted by Gasteiger charge is -2.26. The van der Waals surface area contributed by atoms with E-state index in [1.807, 2.05) is 31.2 Å². The first-order valence-corrected chi connectivity index (χ1v) is 8.50. The molecule has 2 aromatic carbocycles. The van der Waals surface area contributed by atoms with Gasteiger partial charge in [-0.05, 0) is 36.8 Å². The summed E-state index contributed by atoms with van der Waals surface area (Å²) in [4.78, 5) is 12.8. The molecule has 2 heterocycles. The van der Waals surface area contributed by atoms with E-state index >= 15 is 0 Å². The van der Waals surface area contributed by atoms with Crippen molar-refractivity contribution in [3.63, 3.8) is 0 Å². The Hall–Kier alpha value is -3.72. The zero-order valence-corrected chi connectivity index (χ0v) is 14.6. The lowest BCUT2D eigenvalue weighted by atomic mass is 9.84. The summed E-state index contributed by atoms with van der Waals surface area (Å²) >= 11 is 0. The zero-order valence-electron chi connectivity index (χ0n) is 14.6. The average Bonchev–Trinajstić information content (AvgIpc) is 2.67. The highest BCUT2D eigenvalue weighted by Crippen LogP contribution is 2.43. The van der Waals surface area contributed by atoms with Gasteiger partial charge in [-0.1, -0.05) is 24.3 Å². The van der Waals surface area contributed by atoms with Gasteiger partial charge in [0, 0.05) is 0 Å². The smallest absolute Gasteiger partial charge is 0.344 e. The molecule has 0 bridgehead atoms. The van der Waals surface area contributed by atoms with E-state index in [2.05, 4.69) is 6.07 Å². The van der Waals surface area contributed by atoms with E-state index in [9.17, 15) is 10.1 Å². The quantitative estimate of drug-likeness (QED) is 0.719. The van der Waals surface area contributed by atoms with Crippen molar-refractivity contribution in [2.45, 2.75) is 12.8 Å². The van der Waals surface area contributed by atoms with Crippen LogP contribution in [0.2, 0.25) is 0 Å². The minimum atomic E-state index is -0.694. The fraction of sp³-hybridized carbons (Fsp3) is 0.143. The van der Waals surface area contributed by atoms with E-state index in [-0.39, 0.29) is 17.0 Å². The molecule has 0 fully saturated rings. The number of benzene rings is 2. The summed E-state index contributed by atoms with van der Waals surface area (Å²) in [5.41, 5.74) is 7.01. The fourth-order valence-corrected chi connectivity index (χ4v) is 3.35. The molecule has 0 spiro atoms. The van der Waals surface area contributed by atoms with E-state index in [1.54, 1.807) is 24.3 Å². The average molecular weight is 360 g/mol. The number of nitriles is 1. The van der Waals surface area contributed by atoms with Crippen molar-refractivity contribution in [2.24, 2.45) is 5.73 Å². The molecule has 0 radical (unpaired) electrons. The Morgan fingerprint density at radius 3 is 2.81 bits per heavy atom. The van der Waals surface area contributed by atoms with Crippen LogP contribution >= 0.6 is 0 Å². The number of hydrogen-bond donors (Lipinski definition) is 1. The number of para-hydroxylation sites is 1. The largest absolute Gasteiger partial charge is 0.494 e. The third-order valence-electron chi connectivity index (χ3n) is 4.48. The maximum Gasteiger partial charge on any atom is 0.344 e. The van der Waals surface area contributed by atoms with Crippen LogP contribution in [-0.4, -0.2) is 6.61 Å². The van der Waals surface area contributed by atoms with Crippen molar-refractivity contribution in [3.05, 3.63) is 81.5 Å². The van der Waals surface area contributed by atoms with Gasteiger partial charge in [0.25, 0.3) is 0 Å². The molecular weight excluding hydrogens is 344 g/mol. The van der Waals surface area contributed by atoms with Crippen LogP contribution in [0.15, 0.2) is 69.2 Å². The molecule has 1 aromatic heterocycles. The molecule has 0 amide bonds. The highest BCUT2D eigenvalue weighted by atomic mass is 16.5. The van der Waals surface area contributed by atoms with Gasteiger partial charge in [0.15, 0.2) is 5.75 Å². The molecule has 6 nitrogen and oxygen atoms in total. The number of allylic oxidation sites excluding steroid dienone is 1. The van der Waals surface area contributed by atoms with Gasteiger partial charge < -0.3 is 19.6 Å². The van der Waals surface area contributed by atoms with Crippen molar-refractivity contribution >= 4 is 11.0 Å². The summed E-state index contributed by atoms with van der Waals surface area (Å²) in [5.74, 6) is 0.252. The SMILES string of the molecule is CCOc1cccc([C@@H]2C(C#N)=C(N)Oc3c2c(=O)oc2ccccc32)c1. The Labute approximate surface area is 155 Å². The topological polar surface area (TPSA) is 98.5 Å². The van der Waals surface area contributed by atoms with E-state index in [0.29, 0.717) is 34.6 Å². The predicted molar refractivity (Wildman–Crippen MR) is 99.4 cm³/mol. The maximum atomic E-state index is 12.8. The van der Waals surface area contributed by atoms with E-state index < -0.39 is 11.5 Å². The van der Waals surface area contributed by atoms with Gasteiger partial charge in [-0.2, -0.15) is 5.26 Å². The Bertz CT molecular complexity index is 1170. The lowest BCUT2D eigenvalue weighted by molar-refractivity contribution is 0.339. The van der Waals surface area contributed by atoms with E-state index in [1.165, 1.54) is 0 Å². The molecule has 6 heteroatoms. The molecule has 0 saturated carbocycles. The van der Waals surface area contributed by atoms with Crippen molar-refractivity contribution in [2.75, 3.05) is 6.61 Å². The fourth-order valence-electron chi connectivity index (χ4n) is 3.35. The Morgan fingerprint density at radius 2 is 2.04 bits per heavy atom. The molecule has 134 valence electrons. The summed E-state index contributed by atoms with van der Waals surface area (Å²) in [6.45, 7) is 2.39. The van der Waals surface area contributed by atoms with Crippen LogP contribution < -0.4 is 20.8 Å². The summed E-state index contributed by atoms with van der Waals surface area (Å²) in [6, 6.07) is 16.4. The predicted octanol–water partition coefficient (Wildman–Crippen LogP) is 3.41. The zero-order chi connectivity index (χ0) is 19.0. The third-order valence-corrected chi connectivity index (χ3v) is 4.48. The van der Waals surface area contributed by atoms with Gasteiger partial charge in [-0.3, -0.25) is 0 Å². The molecule has 4 rings (SSSR count). The molecule has 1 atom stereocenters. The molecule has 27 heavy (non-hydrogen) atoms. The molecular formula is C21H16N2O4. The molecule has 2 N–H and O–H groups in total. The Balaban J connectivity index is 2.02. The number of nitrogens with two attached hydrogens (primary N) is 1. The van der Waals surface area contributed by atoms with Crippen molar-refractivity contribution in [3.8, 4) is 17.6 Å². The normalized spacial score (nSPS) is 15.8. The lowest BCUT2D eigenvalue weighted by Crippen LogP contribution is -2.26. The first kappa shape index (κ1) is 16.7. The van der Waals surface area contributed by atoms with Crippen molar-refractivity contribution in [1.82, 2.24) is 0 Å². The summed E-state index contributed by atoms with van der Waals surface area (Å²) < 4.78 is 16.7. The van der Waals surface area contributed by atoms with Crippen molar-refractivity contribution < 1.29 is 13.9 Å². The second-order valence-corrected chi connectivity index (χ2v) is 6.06. The van der Waals surface area contributed by atoms with Gasteiger partial charge in [-0.25, -0.2) is 4.79 Å². The number of rotatable bonds is 3. The maximum absolute atomic E-state index is 12.8. The summed E-state index contributed by atoms with van der Waals surface area (Å²) in [6.07, 6.45) is 0. The van der Waals surface area contributed by atoms with Crippen LogP contribution in [0.3, 0.4) is 0 Å². The second-order valence-electron chi connectivity index (χ2n) is 6.06. The molecule has 0 aliphatic carbocycles. The van der Waals surface area contributed by atoms with Crippen LogP contribution in [0.4, 0.5) is 0 Å². The first-order chi connectivity index (χ1) is 13.1. The van der Waals surface area contributed by atoms with Gasteiger partial charge in [-0.15, -0.1) is 0 Å². The Kier molecular flexibility index (Phi) is 4.05. The first-order valence-electron chi connectivity index (χ1n) is 8.50. The Morgan fingerprint density at radius 1 is 1.22 bits per heavy atom. The van der Waals surface area contributed by atoms with Crippen molar-refractivity contribution in [1.29, 1.82) is 5.26 Å². The van der Waals surface area contributed by atoms with Crippen LogP contribution in [0.25, 0.3) is 11.0 Å². The molecule has 0 saturated heterocycles. The number of ether oxygens (including phenoxy) is 2. The van der Waals surface area contributed by atoms with Crippen LogP contribution in [0, 0.1) is 11.3 Å².